The highest BCUT2D eigenvalue weighted by molar-refractivity contribution is 5.76. The third-order valence-electron chi connectivity index (χ3n) is 3.39. The Bertz CT molecular complexity index is 603. The van der Waals surface area contributed by atoms with Gasteiger partial charge >= 0.3 is 0 Å². The first kappa shape index (κ1) is 15.5. The van der Waals surface area contributed by atoms with Crippen LogP contribution in [0.25, 0.3) is 16.8 Å². The molecule has 2 N–H and O–H groups in total. The van der Waals surface area contributed by atoms with E-state index in [0.717, 1.165) is 28.9 Å². The van der Waals surface area contributed by atoms with Crippen molar-refractivity contribution in [1.29, 1.82) is 0 Å². The standard InChI is InChI=1S/C17H22N2O2/c1-3-7-13(2)17-16(14-8-5-4-6-9-14)18-12-19(17)10-15(21)11-20/h4-9,12,15,20-21H,3,10-11H2,1-2H3/b13-7+. The van der Waals surface area contributed by atoms with Crippen LogP contribution in [-0.4, -0.2) is 32.5 Å². The number of hydrogen-bond acceptors (Lipinski definition) is 3. The summed E-state index contributed by atoms with van der Waals surface area (Å²) in [6, 6.07) is 10.00. The maximum atomic E-state index is 9.71. The van der Waals surface area contributed by atoms with Crippen LogP contribution in [0.5, 0.6) is 0 Å². The molecule has 0 saturated heterocycles. The van der Waals surface area contributed by atoms with Crippen LogP contribution in [0.4, 0.5) is 0 Å². The molecule has 0 spiro atoms. The predicted octanol–water partition coefficient (Wildman–Crippen LogP) is 2.72. The van der Waals surface area contributed by atoms with Gasteiger partial charge in [-0.05, 0) is 18.9 Å². The van der Waals surface area contributed by atoms with E-state index in [4.69, 9.17) is 5.11 Å². The molecule has 4 heteroatoms. The Morgan fingerprint density at radius 3 is 2.67 bits per heavy atom. The molecular weight excluding hydrogens is 264 g/mol. The van der Waals surface area contributed by atoms with Gasteiger partial charge in [-0.2, -0.15) is 0 Å². The molecule has 0 aliphatic rings. The Kier molecular flexibility index (Phi) is 5.31. The summed E-state index contributed by atoms with van der Waals surface area (Å²) in [5.41, 5.74) is 4.08. The smallest absolute Gasteiger partial charge is 0.0959 e. The van der Waals surface area contributed by atoms with Gasteiger partial charge in [-0.15, -0.1) is 0 Å². The first-order chi connectivity index (χ1) is 10.2. The van der Waals surface area contributed by atoms with Crippen molar-refractivity contribution in [2.75, 3.05) is 6.61 Å². The summed E-state index contributed by atoms with van der Waals surface area (Å²) in [4.78, 5) is 4.51. The van der Waals surface area contributed by atoms with Crippen molar-refractivity contribution in [3.05, 3.63) is 48.4 Å². The van der Waals surface area contributed by atoms with Crippen LogP contribution in [0, 0.1) is 0 Å². The second kappa shape index (κ2) is 7.20. The Hall–Kier alpha value is -1.91. The average Bonchev–Trinajstić information content (AvgIpc) is 2.92. The van der Waals surface area contributed by atoms with E-state index in [0.29, 0.717) is 6.54 Å². The van der Waals surface area contributed by atoms with E-state index >= 15 is 0 Å². The zero-order valence-electron chi connectivity index (χ0n) is 12.5. The van der Waals surface area contributed by atoms with Crippen LogP contribution in [-0.2, 0) is 6.54 Å². The van der Waals surface area contributed by atoms with Gasteiger partial charge in [0.05, 0.1) is 37.0 Å². The molecule has 0 aliphatic heterocycles. The Morgan fingerprint density at radius 2 is 2.05 bits per heavy atom. The molecule has 0 bridgehead atoms. The fraction of sp³-hybridized carbons (Fsp3) is 0.353. The lowest BCUT2D eigenvalue weighted by Gasteiger charge is -2.13. The monoisotopic (exact) mass is 286 g/mol. The van der Waals surface area contributed by atoms with Crippen LogP contribution >= 0.6 is 0 Å². The molecule has 1 heterocycles. The van der Waals surface area contributed by atoms with Gasteiger partial charge in [-0.1, -0.05) is 43.3 Å². The summed E-state index contributed by atoms with van der Waals surface area (Å²) in [7, 11) is 0. The largest absolute Gasteiger partial charge is 0.394 e. The first-order valence-corrected chi connectivity index (χ1v) is 7.24. The normalized spacial score (nSPS) is 13.4. The molecule has 1 aromatic heterocycles. The number of rotatable bonds is 6. The first-order valence-electron chi connectivity index (χ1n) is 7.24. The molecule has 2 aromatic rings. The Labute approximate surface area is 125 Å². The van der Waals surface area contributed by atoms with Crippen molar-refractivity contribution in [3.8, 4) is 11.3 Å². The number of aliphatic hydroxyl groups is 2. The molecule has 1 aromatic carbocycles. The molecule has 0 aliphatic carbocycles. The maximum Gasteiger partial charge on any atom is 0.0959 e. The second-order valence-electron chi connectivity index (χ2n) is 5.09. The van der Waals surface area contributed by atoms with Crippen LogP contribution in [0.2, 0.25) is 0 Å². The minimum absolute atomic E-state index is 0.255. The highest BCUT2D eigenvalue weighted by Gasteiger charge is 2.16. The maximum absolute atomic E-state index is 9.71. The van der Waals surface area contributed by atoms with Gasteiger partial charge < -0.3 is 14.8 Å². The van der Waals surface area contributed by atoms with E-state index in [9.17, 15) is 5.11 Å². The van der Waals surface area contributed by atoms with Gasteiger partial charge in [-0.3, -0.25) is 0 Å². The summed E-state index contributed by atoms with van der Waals surface area (Å²) in [6.45, 7) is 4.22. The van der Waals surface area contributed by atoms with Gasteiger partial charge in [0.2, 0.25) is 0 Å². The van der Waals surface area contributed by atoms with Crippen molar-refractivity contribution in [1.82, 2.24) is 9.55 Å². The Balaban J connectivity index is 2.49. The van der Waals surface area contributed by atoms with E-state index in [1.54, 1.807) is 6.33 Å². The molecule has 0 amide bonds. The van der Waals surface area contributed by atoms with E-state index in [-0.39, 0.29) is 6.61 Å². The van der Waals surface area contributed by atoms with Gasteiger partial charge in [0.15, 0.2) is 0 Å². The van der Waals surface area contributed by atoms with Crippen molar-refractivity contribution in [2.45, 2.75) is 32.9 Å². The molecule has 0 radical (unpaired) electrons. The number of benzene rings is 1. The number of hydrogen-bond donors (Lipinski definition) is 2. The minimum atomic E-state index is -0.781. The molecular formula is C17H22N2O2. The summed E-state index contributed by atoms with van der Waals surface area (Å²) in [5.74, 6) is 0. The lowest BCUT2D eigenvalue weighted by Crippen LogP contribution is -2.20. The SMILES string of the molecule is CC/C=C(\C)c1c(-c2ccccc2)ncn1CC(O)CO. The minimum Gasteiger partial charge on any atom is -0.394 e. The van der Waals surface area contributed by atoms with Gasteiger partial charge in [0, 0.05) is 5.56 Å². The van der Waals surface area contributed by atoms with Crippen molar-refractivity contribution in [3.63, 3.8) is 0 Å². The fourth-order valence-electron chi connectivity index (χ4n) is 2.43. The van der Waals surface area contributed by atoms with E-state index in [1.165, 1.54) is 0 Å². The third-order valence-corrected chi connectivity index (χ3v) is 3.39. The van der Waals surface area contributed by atoms with Crippen LogP contribution in [0.3, 0.4) is 0 Å². The second-order valence-corrected chi connectivity index (χ2v) is 5.09. The molecule has 1 unspecified atom stereocenters. The number of aromatic nitrogens is 2. The van der Waals surface area contributed by atoms with Gasteiger partial charge in [-0.25, -0.2) is 4.98 Å². The van der Waals surface area contributed by atoms with E-state index < -0.39 is 6.10 Å². The highest BCUT2D eigenvalue weighted by Crippen LogP contribution is 2.28. The van der Waals surface area contributed by atoms with Crippen LogP contribution in [0.1, 0.15) is 26.0 Å². The summed E-state index contributed by atoms with van der Waals surface area (Å²) in [6.07, 6.45) is 4.03. The summed E-state index contributed by atoms with van der Waals surface area (Å²) in [5, 5.41) is 18.8. The zero-order valence-corrected chi connectivity index (χ0v) is 12.5. The quantitative estimate of drug-likeness (QED) is 0.858. The van der Waals surface area contributed by atoms with Crippen molar-refractivity contribution >= 4 is 5.57 Å². The lowest BCUT2D eigenvalue weighted by molar-refractivity contribution is 0.0810. The van der Waals surface area contributed by atoms with Gasteiger partial charge in [0.25, 0.3) is 0 Å². The lowest BCUT2D eigenvalue weighted by atomic mass is 10.0. The number of imidazole rings is 1. The molecule has 112 valence electrons. The Morgan fingerprint density at radius 1 is 1.33 bits per heavy atom. The summed E-state index contributed by atoms with van der Waals surface area (Å²) >= 11 is 0. The van der Waals surface area contributed by atoms with Crippen LogP contribution in [0.15, 0.2) is 42.7 Å². The third kappa shape index (κ3) is 3.60. The number of allylic oxidation sites excluding steroid dienone is 2. The average molecular weight is 286 g/mol. The van der Waals surface area contributed by atoms with Crippen molar-refractivity contribution < 1.29 is 10.2 Å². The summed E-state index contributed by atoms with van der Waals surface area (Å²) < 4.78 is 1.91. The number of aliphatic hydroxyl groups excluding tert-OH is 2. The molecule has 1 atom stereocenters. The molecule has 0 saturated carbocycles. The van der Waals surface area contributed by atoms with Crippen LogP contribution < -0.4 is 0 Å². The topological polar surface area (TPSA) is 58.3 Å². The van der Waals surface area contributed by atoms with E-state index in [1.807, 2.05) is 34.9 Å². The molecule has 21 heavy (non-hydrogen) atoms. The fourth-order valence-corrected chi connectivity index (χ4v) is 2.43. The molecule has 2 rings (SSSR count). The number of nitrogens with zero attached hydrogens (tertiary/aromatic N) is 2. The van der Waals surface area contributed by atoms with Crippen molar-refractivity contribution in [2.24, 2.45) is 0 Å². The molecule has 0 fully saturated rings. The van der Waals surface area contributed by atoms with E-state index in [2.05, 4.69) is 24.9 Å². The molecule has 4 nitrogen and oxygen atoms in total. The predicted molar refractivity (Wildman–Crippen MR) is 84.7 cm³/mol. The highest BCUT2D eigenvalue weighted by atomic mass is 16.3. The van der Waals surface area contributed by atoms with Gasteiger partial charge in [0.1, 0.15) is 0 Å². The zero-order chi connectivity index (χ0) is 15.2.